The van der Waals surface area contributed by atoms with Gasteiger partial charge in [-0.25, -0.2) is 0 Å². The van der Waals surface area contributed by atoms with E-state index in [0.29, 0.717) is 17.6 Å². The van der Waals surface area contributed by atoms with Gasteiger partial charge < -0.3 is 5.32 Å². The molecule has 2 heteroatoms. The van der Waals surface area contributed by atoms with Crippen LogP contribution < -0.4 is 5.32 Å². The molecule has 0 saturated carbocycles. The topological polar surface area (TPSA) is 15.3 Å². The Labute approximate surface area is 102 Å². The Morgan fingerprint density at radius 1 is 1.12 bits per heavy atom. The lowest BCUT2D eigenvalue weighted by atomic mass is 9.94. The van der Waals surface area contributed by atoms with Crippen molar-refractivity contribution in [3.63, 3.8) is 0 Å². The maximum atomic E-state index is 3.66. The van der Waals surface area contributed by atoms with Crippen LogP contribution in [0.5, 0.6) is 0 Å². The molecule has 96 valence electrons. The van der Waals surface area contributed by atoms with Crippen molar-refractivity contribution in [2.45, 2.75) is 77.9 Å². The van der Waals surface area contributed by atoms with Crippen LogP contribution in [0.2, 0.25) is 0 Å². The Balaban J connectivity index is 2.58. The summed E-state index contributed by atoms with van der Waals surface area (Å²) >= 11 is 0. The Morgan fingerprint density at radius 2 is 1.62 bits per heavy atom. The largest absolute Gasteiger partial charge is 0.312 e. The van der Waals surface area contributed by atoms with Crippen LogP contribution in [-0.4, -0.2) is 35.6 Å². The maximum Gasteiger partial charge on any atom is 0.0153 e. The first-order valence-electron chi connectivity index (χ1n) is 6.97. The van der Waals surface area contributed by atoms with Gasteiger partial charge in [0, 0.05) is 30.7 Å². The van der Waals surface area contributed by atoms with E-state index in [2.05, 4.69) is 44.8 Å². The van der Waals surface area contributed by atoms with Crippen LogP contribution in [-0.2, 0) is 0 Å². The van der Waals surface area contributed by atoms with Gasteiger partial charge in [0.25, 0.3) is 0 Å². The van der Waals surface area contributed by atoms with E-state index in [0.717, 1.165) is 0 Å². The monoisotopic (exact) mass is 226 g/mol. The van der Waals surface area contributed by atoms with Gasteiger partial charge in [0.15, 0.2) is 0 Å². The maximum absolute atomic E-state index is 3.66. The highest BCUT2D eigenvalue weighted by molar-refractivity contribution is 4.85. The van der Waals surface area contributed by atoms with Crippen molar-refractivity contribution in [1.82, 2.24) is 10.2 Å². The minimum Gasteiger partial charge on any atom is -0.312 e. The third-order valence-electron chi connectivity index (χ3n) is 3.95. The van der Waals surface area contributed by atoms with Gasteiger partial charge in [-0.2, -0.15) is 0 Å². The zero-order valence-electron chi connectivity index (χ0n) is 11.8. The van der Waals surface area contributed by atoms with Crippen molar-refractivity contribution in [2.75, 3.05) is 13.1 Å². The minimum atomic E-state index is 0.380. The fourth-order valence-corrected chi connectivity index (χ4v) is 2.84. The quantitative estimate of drug-likeness (QED) is 0.796. The van der Waals surface area contributed by atoms with Crippen LogP contribution in [0.4, 0.5) is 0 Å². The van der Waals surface area contributed by atoms with Crippen LogP contribution in [0.15, 0.2) is 0 Å². The van der Waals surface area contributed by atoms with Gasteiger partial charge in [-0.3, -0.25) is 4.90 Å². The van der Waals surface area contributed by atoms with E-state index in [-0.39, 0.29) is 0 Å². The van der Waals surface area contributed by atoms with Crippen molar-refractivity contribution >= 4 is 0 Å². The van der Waals surface area contributed by atoms with E-state index in [1.54, 1.807) is 0 Å². The molecular weight excluding hydrogens is 196 g/mol. The van der Waals surface area contributed by atoms with Crippen LogP contribution in [0.1, 0.15) is 60.3 Å². The zero-order chi connectivity index (χ0) is 12.2. The second-order valence-corrected chi connectivity index (χ2v) is 6.10. The van der Waals surface area contributed by atoms with E-state index < -0.39 is 0 Å². The fraction of sp³-hybridized carbons (Fsp3) is 1.00. The predicted octanol–water partition coefficient (Wildman–Crippen LogP) is 3.03. The van der Waals surface area contributed by atoms with Crippen molar-refractivity contribution in [2.24, 2.45) is 0 Å². The molecule has 1 heterocycles. The molecule has 16 heavy (non-hydrogen) atoms. The second kappa shape index (κ2) is 6.02. The summed E-state index contributed by atoms with van der Waals surface area (Å²) in [6.07, 6.45) is 5.14. The first-order valence-corrected chi connectivity index (χ1v) is 6.97. The molecule has 1 fully saturated rings. The molecule has 0 radical (unpaired) electrons. The molecule has 2 atom stereocenters. The van der Waals surface area contributed by atoms with Crippen LogP contribution >= 0.6 is 0 Å². The van der Waals surface area contributed by atoms with E-state index >= 15 is 0 Å². The number of nitrogens with zero attached hydrogens (tertiary/aromatic N) is 1. The minimum absolute atomic E-state index is 0.380. The molecule has 0 aromatic carbocycles. The van der Waals surface area contributed by atoms with E-state index in [4.69, 9.17) is 0 Å². The molecule has 2 unspecified atom stereocenters. The summed E-state index contributed by atoms with van der Waals surface area (Å²) in [6, 6.07) is 1.32. The number of nitrogens with one attached hydrogen (secondary N) is 1. The van der Waals surface area contributed by atoms with Gasteiger partial charge in [-0.15, -0.1) is 0 Å². The summed E-state index contributed by atoms with van der Waals surface area (Å²) in [5.41, 5.74) is 0.380. The molecule has 1 saturated heterocycles. The lowest BCUT2D eigenvalue weighted by Crippen LogP contribution is -2.50. The molecule has 0 bridgehead atoms. The Morgan fingerprint density at radius 3 is 2.06 bits per heavy atom. The SMILES string of the molecule is CCCC(C)(C)N1CCC(C)NC(C)CC1. The molecule has 0 aliphatic carbocycles. The fourth-order valence-electron chi connectivity index (χ4n) is 2.84. The summed E-state index contributed by atoms with van der Waals surface area (Å²) in [6.45, 7) is 14.2. The molecular formula is C14H30N2. The normalized spacial score (nSPS) is 29.8. The summed E-state index contributed by atoms with van der Waals surface area (Å²) in [5, 5.41) is 3.66. The van der Waals surface area contributed by atoms with Crippen molar-refractivity contribution in [1.29, 1.82) is 0 Å². The van der Waals surface area contributed by atoms with Gasteiger partial charge in [0.05, 0.1) is 0 Å². The number of rotatable bonds is 3. The molecule has 1 rings (SSSR count). The average molecular weight is 226 g/mol. The van der Waals surface area contributed by atoms with E-state index in [1.807, 2.05) is 0 Å². The van der Waals surface area contributed by atoms with E-state index in [1.165, 1.54) is 38.8 Å². The Hall–Kier alpha value is -0.0800. The lowest BCUT2D eigenvalue weighted by molar-refractivity contribution is 0.0902. The number of hydrogen-bond donors (Lipinski definition) is 1. The standard InChI is InChI=1S/C14H30N2/c1-6-9-14(4,5)16-10-7-12(2)15-13(3)8-11-16/h12-13,15H,6-11H2,1-5H3. The highest BCUT2D eigenvalue weighted by Crippen LogP contribution is 2.23. The highest BCUT2D eigenvalue weighted by Gasteiger charge is 2.27. The van der Waals surface area contributed by atoms with Crippen LogP contribution in [0.25, 0.3) is 0 Å². The van der Waals surface area contributed by atoms with Gasteiger partial charge in [-0.05, 0) is 47.0 Å². The second-order valence-electron chi connectivity index (χ2n) is 6.10. The Bertz CT molecular complexity index is 189. The number of hydrogen-bond acceptors (Lipinski definition) is 2. The smallest absolute Gasteiger partial charge is 0.0153 e. The van der Waals surface area contributed by atoms with Gasteiger partial charge in [0.2, 0.25) is 0 Å². The zero-order valence-corrected chi connectivity index (χ0v) is 11.8. The molecule has 1 aliphatic heterocycles. The van der Waals surface area contributed by atoms with Crippen molar-refractivity contribution in [3.8, 4) is 0 Å². The van der Waals surface area contributed by atoms with Crippen LogP contribution in [0.3, 0.4) is 0 Å². The first kappa shape index (κ1) is 14.0. The molecule has 2 nitrogen and oxygen atoms in total. The third kappa shape index (κ3) is 4.06. The summed E-state index contributed by atoms with van der Waals surface area (Å²) in [4.78, 5) is 2.70. The van der Waals surface area contributed by atoms with Gasteiger partial charge in [0.1, 0.15) is 0 Å². The molecule has 1 aliphatic rings. The first-order chi connectivity index (χ1) is 7.45. The average Bonchev–Trinajstić information content (AvgIpc) is 2.14. The molecule has 0 aromatic rings. The highest BCUT2D eigenvalue weighted by atomic mass is 15.2. The molecule has 0 spiro atoms. The van der Waals surface area contributed by atoms with Crippen molar-refractivity contribution < 1.29 is 0 Å². The lowest BCUT2D eigenvalue weighted by Gasteiger charge is -2.41. The Kier molecular flexibility index (Phi) is 5.26. The summed E-state index contributed by atoms with van der Waals surface area (Å²) in [7, 11) is 0. The molecule has 0 aromatic heterocycles. The van der Waals surface area contributed by atoms with E-state index in [9.17, 15) is 0 Å². The molecule has 1 N–H and O–H groups in total. The molecule has 0 amide bonds. The van der Waals surface area contributed by atoms with Gasteiger partial charge >= 0.3 is 0 Å². The third-order valence-corrected chi connectivity index (χ3v) is 3.95. The van der Waals surface area contributed by atoms with Gasteiger partial charge in [-0.1, -0.05) is 13.3 Å². The van der Waals surface area contributed by atoms with Crippen molar-refractivity contribution in [3.05, 3.63) is 0 Å². The predicted molar refractivity (Wildman–Crippen MR) is 71.9 cm³/mol. The summed E-state index contributed by atoms with van der Waals surface area (Å²) in [5.74, 6) is 0. The summed E-state index contributed by atoms with van der Waals surface area (Å²) < 4.78 is 0. The van der Waals surface area contributed by atoms with Crippen LogP contribution in [0, 0.1) is 0 Å².